The van der Waals surface area contributed by atoms with Crippen LogP contribution in [0, 0.1) is 0 Å². The number of rotatable bonds is 4. The highest BCUT2D eigenvalue weighted by Gasteiger charge is 2.31. The Morgan fingerprint density at radius 2 is 2.04 bits per heavy atom. The SMILES string of the molecule is COc1ccc(CNC(=O)[C@@H]2CC(=O)c3cc(Cl)ccc3O2)cc1. The van der Waals surface area contributed by atoms with Gasteiger partial charge in [-0.15, -0.1) is 0 Å². The van der Waals surface area contributed by atoms with E-state index in [1.165, 1.54) is 0 Å². The predicted octanol–water partition coefficient (Wildman–Crippen LogP) is 3.00. The molecule has 0 aromatic heterocycles. The molecular formula is C18H16ClNO4. The van der Waals surface area contributed by atoms with Crippen molar-refractivity contribution in [3.63, 3.8) is 0 Å². The van der Waals surface area contributed by atoms with Gasteiger partial charge in [-0.25, -0.2) is 0 Å². The molecule has 1 aliphatic heterocycles. The van der Waals surface area contributed by atoms with Gasteiger partial charge in [0, 0.05) is 11.6 Å². The van der Waals surface area contributed by atoms with Gasteiger partial charge in [0.05, 0.1) is 19.1 Å². The van der Waals surface area contributed by atoms with E-state index in [1.54, 1.807) is 25.3 Å². The fraction of sp³-hybridized carbons (Fsp3) is 0.222. The Bertz CT molecular complexity index is 773. The van der Waals surface area contributed by atoms with Crippen molar-refractivity contribution in [2.45, 2.75) is 19.1 Å². The monoisotopic (exact) mass is 345 g/mol. The summed E-state index contributed by atoms with van der Waals surface area (Å²) in [6.07, 6.45) is -0.827. The highest BCUT2D eigenvalue weighted by molar-refractivity contribution is 6.31. The number of hydrogen-bond donors (Lipinski definition) is 1. The molecule has 1 aliphatic rings. The number of benzene rings is 2. The number of Topliss-reactive ketones (excluding diaryl/α,β-unsaturated/α-hetero) is 1. The molecule has 0 saturated heterocycles. The summed E-state index contributed by atoms with van der Waals surface area (Å²) in [5.74, 6) is 0.671. The standard InChI is InChI=1S/C18H16ClNO4/c1-23-13-5-2-11(3-6-13)10-20-18(22)17-9-15(21)14-8-12(19)4-7-16(14)24-17/h2-8,17H,9-10H2,1H3,(H,20,22)/t17-/m0/s1. The predicted molar refractivity (Wildman–Crippen MR) is 89.7 cm³/mol. The van der Waals surface area contributed by atoms with Crippen molar-refractivity contribution in [3.8, 4) is 11.5 Å². The second-order valence-electron chi connectivity index (χ2n) is 5.44. The van der Waals surface area contributed by atoms with E-state index in [2.05, 4.69) is 5.32 Å². The lowest BCUT2D eigenvalue weighted by Gasteiger charge is -2.24. The highest BCUT2D eigenvalue weighted by atomic mass is 35.5. The average Bonchev–Trinajstić information content (AvgIpc) is 2.60. The maximum absolute atomic E-state index is 12.3. The summed E-state index contributed by atoms with van der Waals surface area (Å²) in [6, 6.07) is 12.2. The first-order chi connectivity index (χ1) is 11.6. The smallest absolute Gasteiger partial charge is 0.261 e. The van der Waals surface area contributed by atoms with Gasteiger partial charge in [-0.3, -0.25) is 9.59 Å². The van der Waals surface area contributed by atoms with Crippen LogP contribution in [0.4, 0.5) is 0 Å². The first-order valence-electron chi connectivity index (χ1n) is 7.47. The van der Waals surface area contributed by atoms with Crippen LogP contribution in [0.25, 0.3) is 0 Å². The zero-order valence-electron chi connectivity index (χ0n) is 13.0. The first kappa shape index (κ1) is 16.3. The molecule has 2 aromatic carbocycles. The number of methoxy groups -OCH3 is 1. The second-order valence-corrected chi connectivity index (χ2v) is 5.88. The summed E-state index contributed by atoms with van der Waals surface area (Å²) in [7, 11) is 1.60. The van der Waals surface area contributed by atoms with Crippen LogP contribution in [0.1, 0.15) is 22.3 Å². The van der Waals surface area contributed by atoms with Crippen molar-refractivity contribution in [3.05, 3.63) is 58.6 Å². The number of ketones is 1. The van der Waals surface area contributed by atoms with Crippen LogP contribution in [0.3, 0.4) is 0 Å². The number of fused-ring (bicyclic) bond motifs is 1. The summed E-state index contributed by atoms with van der Waals surface area (Å²) >= 11 is 5.88. The Kier molecular flexibility index (Phi) is 4.71. The normalized spacial score (nSPS) is 16.1. The molecule has 6 heteroatoms. The molecule has 0 saturated carbocycles. The van der Waals surface area contributed by atoms with E-state index in [4.69, 9.17) is 21.1 Å². The van der Waals surface area contributed by atoms with Crippen LogP contribution in [-0.4, -0.2) is 24.9 Å². The number of nitrogens with one attached hydrogen (secondary N) is 1. The number of hydrogen-bond acceptors (Lipinski definition) is 4. The van der Waals surface area contributed by atoms with Crippen LogP contribution in [0.5, 0.6) is 11.5 Å². The molecule has 124 valence electrons. The molecule has 1 N–H and O–H groups in total. The zero-order valence-corrected chi connectivity index (χ0v) is 13.8. The van der Waals surface area contributed by atoms with Crippen molar-refractivity contribution >= 4 is 23.3 Å². The first-order valence-corrected chi connectivity index (χ1v) is 7.84. The van der Waals surface area contributed by atoms with E-state index in [0.29, 0.717) is 22.9 Å². The fourth-order valence-electron chi connectivity index (χ4n) is 2.49. The van der Waals surface area contributed by atoms with Gasteiger partial charge in [-0.05, 0) is 35.9 Å². The summed E-state index contributed by atoms with van der Waals surface area (Å²) < 4.78 is 10.7. The Morgan fingerprint density at radius 1 is 1.29 bits per heavy atom. The summed E-state index contributed by atoms with van der Waals surface area (Å²) in [6.45, 7) is 0.352. The van der Waals surface area contributed by atoms with Crippen LogP contribution < -0.4 is 14.8 Å². The van der Waals surface area contributed by atoms with Crippen molar-refractivity contribution in [2.75, 3.05) is 7.11 Å². The molecule has 5 nitrogen and oxygen atoms in total. The Hall–Kier alpha value is -2.53. The topological polar surface area (TPSA) is 64.6 Å². The van der Waals surface area contributed by atoms with Crippen molar-refractivity contribution in [2.24, 2.45) is 0 Å². The maximum atomic E-state index is 12.3. The van der Waals surface area contributed by atoms with E-state index in [9.17, 15) is 9.59 Å². The third-order valence-corrected chi connectivity index (χ3v) is 4.04. The van der Waals surface area contributed by atoms with Gasteiger partial charge in [0.15, 0.2) is 11.9 Å². The van der Waals surface area contributed by atoms with E-state index >= 15 is 0 Å². The maximum Gasteiger partial charge on any atom is 0.261 e. The minimum atomic E-state index is -0.829. The largest absolute Gasteiger partial charge is 0.497 e. The minimum absolute atomic E-state index is 0.00177. The number of amides is 1. The molecule has 24 heavy (non-hydrogen) atoms. The molecule has 1 amide bonds. The summed E-state index contributed by atoms with van der Waals surface area (Å²) in [5, 5.41) is 3.25. The van der Waals surface area contributed by atoms with E-state index in [1.807, 2.05) is 24.3 Å². The Balaban J connectivity index is 1.63. The molecule has 1 heterocycles. The Labute approximate surface area is 144 Å². The highest BCUT2D eigenvalue weighted by Crippen LogP contribution is 2.30. The van der Waals surface area contributed by atoms with Gasteiger partial charge < -0.3 is 14.8 Å². The molecule has 0 aliphatic carbocycles. The Morgan fingerprint density at radius 3 is 2.75 bits per heavy atom. The van der Waals surface area contributed by atoms with Gasteiger partial charge >= 0.3 is 0 Å². The molecule has 2 aromatic rings. The molecule has 0 unspecified atom stereocenters. The van der Waals surface area contributed by atoms with E-state index in [0.717, 1.165) is 11.3 Å². The van der Waals surface area contributed by atoms with E-state index < -0.39 is 6.10 Å². The fourth-order valence-corrected chi connectivity index (χ4v) is 2.66. The molecule has 0 radical (unpaired) electrons. The third-order valence-electron chi connectivity index (χ3n) is 3.80. The summed E-state index contributed by atoms with van der Waals surface area (Å²) in [5.41, 5.74) is 1.35. The molecule has 0 bridgehead atoms. The van der Waals surface area contributed by atoms with Gasteiger partial charge in [-0.2, -0.15) is 0 Å². The number of carbonyl (C=O) groups is 2. The molecule has 0 spiro atoms. The minimum Gasteiger partial charge on any atom is -0.497 e. The number of ether oxygens (including phenoxy) is 2. The van der Waals surface area contributed by atoms with E-state index in [-0.39, 0.29) is 18.1 Å². The number of carbonyl (C=O) groups excluding carboxylic acids is 2. The number of halogens is 1. The second kappa shape index (κ2) is 6.93. The molecule has 0 fully saturated rings. The quantitative estimate of drug-likeness (QED) is 0.925. The lowest BCUT2D eigenvalue weighted by Crippen LogP contribution is -2.41. The van der Waals surface area contributed by atoms with Gasteiger partial charge in [0.25, 0.3) is 5.91 Å². The van der Waals surface area contributed by atoms with Crippen LogP contribution in [-0.2, 0) is 11.3 Å². The van der Waals surface area contributed by atoms with Crippen LogP contribution in [0.15, 0.2) is 42.5 Å². The van der Waals surface area contributed by atoms with Crippen molar-refractivity contribution in [1.29, 1.82) is 0 Å². The van der Waals surface area contributed by atoms with Crippen molar-refractivity contribution in [1.82, 2.24) is 5.32 Å². The molecule has 3 rings (SSSR count). The third kappa shape index (κ3) is 3.51. The van der Waals surface area contributed by atoms with Gasteiger partial charge in [0.1, 0.15) is 11.5 Å². The van der Waals surface area contributed by atoms with Crippen molar-refractivity contribution < 1.29 is 19.1 Å². The van der Waals surface area contributed by atoms with Crippen LogP contribution >= 0.6 is 11.6 Å². The molecule has 1 atom stereocenters. The lowest BCUT2D eigenvalue weighted by atomic mass is 10.0. The van der Waals surface area contributed by atoms with Crippen LogP contribution in [0.2, 0.25) is 5.02 Å². The molecular weight excluding hydrogens is 330 g/mol. The van der Waals surface area contributed by atoms with Gasteiger partial charge in [0.2, 0.25) is 0 Å². The average molecular weight is 346 g/mol. The zero-order chi connectivity index (χ0) is 17.1. The lowest BCUT2D eigenvalue weighted by molar-refractivity contribution is -0.128. The summed E-state index contributed by atoms with van der Waals surface area (Å²) in [4.78, 5) is 24.4. The van der Waals surface area contributed by atoms with Gasteiger partial charge in [-0.1, -0.05) is 23.7 Å².